The highest BCUT2D eigenvalue weighted by Crippen LogP contribution is 2.32. The molecule has 0 spiro atoms. The third-order valence-electron chi connectivity index (χ3n) is 2.30. The number of rotatable bonds is 2. The Hall–Kier alpha value is -1.07. The van der Waals surface area contributed by atoms with Crippen LogP contribution in [0.3, 0.4) is 0 Å². The number of carbonyl (C=O) groups is 1. The number of hydrogen-bond donors (Lipinski definition) is 1. The number of pyridine rings is 1. The molecule has 104 valence electrons. The standard InChI is InChI=1S/C12H5Cl4FN2O/c13-7-2-6(17)3-8(14)10(7)19-12(20)5-1-9(15)11(16)18-4-5/h1-4H,(H,19,20). The first kappa shape index (κ1) is 15.3. The highest BCUT2D eigenvalue weighted by Gasteiger charge is 2.14. The maximum atomic E-state index is 13.0. The van der Waals surface area contributed by atoms with Gasteiger partial charge in [-0.2, -0.15) is 0 Å². The Morgan fingerprint density at radius 3 is 2.20 bits per heavy atom. The highest BCUT2D eigenvalue weighted by atomic mass is 35.5. The van der Waals surface area contributed by atoms with E-state index >= 15 is 0 Å². The van der Waals surface area contributed by atoms with Crippen molar-refractivity contribution in [1.29, 1.82) is 0 Å². The van der Waals surface area contributed by atoms with Crippen molar-refractivity contribution < 1.29 is 9.18 Å². The first-order valence-corrected chi connectivity index (χ1v) is 6.66. The van der Waals surface area contributed by atoms with Crippen molar-refractivity contribution in [3.8, 4) is 0 Å². The Balaban J connectivity index is 2.30. The summed E-state index contributed by atoms with van der Waals surface area (Å²) in [5, 5.41) is 2.64. The molecule has 8 heteroatoms. The molecule has 0 bridgehead atoms. The third-order valence-corrected chi connectivity index (χ3v) is 3.59. The van der Waals surface area contributed by atoms with Gasteiger partial charge in [-0.05, 0) is 18.2 Å². The average molecular weight is 354 g/mol. The van der Waals surface area contributed by atoms with E-state index in [2.05, 4.69) is 10.3 Å². The van der Waals surface area contributed by atoms with Crippen LogP contribution in [0.2, 0.25) is 20.2 Å². The fourth-order valence-corrected chi connectivity index (χ4v) is 2.22. The van der Waals surface area contributed by atoms with Crippen molar-refractivity contribution in [1.82, 2.24) is 4.98 Å². The predicted octanol–water partition coefficient (Wildman–Crippen LogP) is 5.09. The molecule has 1 heterocycles. The number of anilines is 1. The SMILES string of the molecule is O=C(Nc1c(Cl)cc(F)cc1Cl)c1cnc(Cl)c(Cl)c1. The summed E-state index contributed by atoms with van der Waals surface area (Å²) in [7, 11) is 0. The first-order chi connectivity index (χ1) is 9.38. The van der Waals surface area contributed by atoms with E-state index in [4.69, 9.17) is 46.4 Å². The van der Waals surface area contributed by atoms with Crippen LogP contribution in [0, 0.1) is 5.82 Å². The summed E-state index contributed by atoms with van der Waals surface area (Å²) >= 11 is 23.1. The number of halogens is 5. The highest BCUT2D eigenvalue weighted by molar-refractivity contribution is 6.41. The molecular weight excluding hydrogens is 349 g/mol. The number of hydrogen-bond acceptors (Lipinski definition) is 2. The van der Waals surface area contributed by atoms with Gasteiger partial charge in [0.25, 0.3) is 5.91 Å². The van der Waals surface area contributed by atoms with E-state index in [0.29, 0.717) is 0 Å². The van der Waals surface area contributed by atoms with Gasteiger partial charge >= 0.3 is 0 Å². The Morgan fingerprint density at radius 1 is 1.05 bits per heavy atom. The molecule has 0 unspecified atom stereocenters. The average Bonchev–Trinajstić information content (AvgIpc) is 2.36. The van der Waals surface area contributed by atoms with Crippen LogP contribution >= 0.6 is 46.4 Å². The van der Waals surface area contributed by atoms with Crippen molar-refractivity contribution in [3.63, 3.8) is 0 Å². The minimum Gasteiger partial charge on any atom is -0.319 e. The van der Waals surface area contributed by atoms with Crippen LogP contribution < -0.4 is 5.32 Å². The Morgan fingerprint density at radius 2 is 1.65 bits per heavy atom. The van der Waals surface area contributed by atoms with Gasteiger partial charge in [0.2, 0.25) is 0 Å². The summed E-state index contributed by atoms with van der Waals surface area (Å²) in [5.74, 6) is -1.15. The number of nitrogens with one attached hydrogen (secondary N) is 1. The molecule has 1 amide bonds. The van der Waals surface area contributed by atoms with Gasteiger partial charge in [-0.15, -0.1) is 0 Å². The quantitative estimate of drug-likeness (QED) is 0.764. The molecule has 1 aromatic heterocycles. The number of benzene rings is 1. The predicted molar refractivity (Wildman–Crippen MR) is 78.6 cm³/mol. The zero-order chi connectivity index (χ0) is 14.9. The zero-order valence-electron chi connectivity index (χ0n) is 9.55. The summed E-state index contributed by atoms with van der Waals surface area (Å²) in [4.78, 5) is 15.8. The van der Waals surface area contributed by atoms with Gasteiger partial charge in [-0.25, -0.2) is 9.37 Å². The van der Waals surface area contributed by atoms with Crippen molar-refractivity contribution in [3.05, 3.63) is 56.0 Å². The zero-order valence-corrected chi connectivity index (χ0v) is 12.6. The lowest BCUT2D eigenvalue weighted by molar-refractivity contribution is 0.102. The van der Waals surface area contributed by atoms with E-state index in [1.165, 1.54) is 12.3 Å². The van der Waals surface area contributed by atoms with Gasteiger partial charge in [-0.1, -0.05) is 46.4 Å². The molecule has 0 radical (unpaired) electrons. The lowest BCUT2D eigenvalue weighted by Crippen LogP contribution is -2.13. The molecule has 0 saturated heterocycles. The second-order valence-electron chi connectivity index (χ2n) is 3.70. The van der Waals surface area contributed by atoms with E-state index in [1.807, 2.05) is 0 Å². The third kappa shape index (κ3) is 3.33. The minimum absolute atomic E-state index is 0.0173. The van der Waals surface area contributed by atoms with Crippen LogP contribution in [0.4, 0.5) is 10.1 Å². The van der Waals surface area contributed by atoms with Crippen LogP contribution in [0.1, 0.15) is 10.4 Å². The molecule has 2 rings (SSSR count). The number of aromatic nitrogens is 1. The molecule has 0 atom stereocenters. The number of carbonyl (C=O) groups excluding carboxylic acids is 1. The smallest absolute Gasteiger partial charge is 0.257 e. The lowest BCUT2D eigenvalue weighted by Gasteiger charge is -2.09. The van der Waals surface area contributed by atoms with E-state index in [1.54, 1.807) is 0 Å². The molecule has 0 aliphatic carbocycles. The van der Waals surface area contributed by atoms with E-state index in [0.717, 1.165) is 12.1 Å². The molecule has 1 aromatic carbocycles. The largest absolute Gasteiger partial charge is 0.319 e. The van der Waals surface area contributed by atoms with Crippen LogP contribution in [0.15, 0.2) is 24.4 Å². The Kier molecular flexibility index (Phi) is 4.70. The van der Waals surface area contributed by atoms with Crippen molar-refractivity contribution in [2.24, 2.45) is 0 Å². The monoisotopic (exact) mass is 352 g/mol. The maximum absolute atomic E-state index is 13.0. The maximum Gasteiger partial charge on any atom is 0.257 e. The lowest BCUT2D eigenvalue weighted by atomic mass is 10.2. The molecule has 0 saturated carbocycles. The topological polar surface area (TPSA) is 42.0 Å². The second-order valence-corrected chi connectivity index (χ2v) is 5.27. The summed E-state index contributed by atoms with van der Waals surface area (Å²) in [6, 6.07) is 3.42. The van der Waals surface area contributed by atoms with Gasteiger partial charge in [0.15, 0.2) is 0 Å². The number of nitrogens with zero attached hydrogens (tertiary/aromatic N) is 1. The summed E-state index contributed by atoms with van der Waals surface area (Å²) in [6.07, 6.45) is 1.24. The fourth-order valence-electron chi connectivity index (χ4n) is 1.39. The van der Waals surface area contributed by atoms with Gasteiger partial charge in [-0.3, -0.25) is 4.79 Å². The second kappa shape index (κ2) is 6.14. The van der Waals surface area contributed by atoms with Gasteiger partial charge < -0.3 is 5.32 Å². The van der Waals surface area contributed by atoms with Gasteiger partial charge in [0.1, 0.15) is 11.0 Å². The van der Waals surface area contributed by atoms with Crippen LogP contribution in [-0.2, 0) is 0 Å². The van der Waals surface area contributed by atoms with Crippen molar-refractivity contribution in [2.45, 2.75) is 0 Å². The minimum atomic E-state index is -0.603. The first-order valence-electron chi connectivity index (χ1n) is 5.15. The summed E-state index contributed by atoms with van der Waals surface area (Å²) < 4.78 is 13.0. The number of amides is 1. The molecule has 1 N–H and O–H groups in total. The summed E-state index contributed by atoms with van der Waals surface area (Å²) in [6.45, 7) is 0. The molecule has 0 fully saturated rings. The summed E-state index contributed by atoms with van der Waals surface area (Å²) in [5.41, 5.74) is 0.265. The van der Waals surface area contributed by atoms with Crippen LogP contribution in [0.5, 0.6) is 0 Å². The van der Waals surface area contributed by atoms with E-state index in [-0.39, 0.29) is 31.5 Å². The van der Waals surface area contributed by atoms with E-state index < -0.39 is 11.7 Å². The van der Waals surface area contributed by atoms with Crippen LogP contribution in [0.25, 0.3) is 0 Å². The van der Waals surface area contributed by atoms with E-state index in [9.17, 15) is 9.18 Å². The van der Waals surface area contributed by atoms with Crippen LogP contribution in [-0.4, -0.2) is 10.9 Å². The van der Waals surface area contributed by atoms with Crippen molar-refractivity contribution in [2.75, 3.05) is 5.32 Å². The molecule has 0 aliphatic rings. The fraction of sp³-hybridized carbons (Fsp3) is 0. The van der Waals surface area contributed by atoms with Crippen molar-refractivity contribution >= 4 is 58.0 Å². The molecule has 0 aliphatic heterocycles. The Bertz CT molecular complexity index is 670. The molecule has 20 heavy (non-hydrogen) atoms. The molecule has 2 aromatic rings. The van der Waals surface area contributed by atoms with Gasteiger partial charge in [0.05, 0.1) is 26.3 Å². The van der Waals surface area contributed by atoms with Gasteiger partial charge in [0, 0.05) is 6.20 Å². The molecule has 3 nitrogen and oxygen atoms in total. The normalized spacial score (nSPS) is 10.4. The Labute approximate surface area is 133 Å². The molecular formula is C12H5Cl4FN2O.